The monoisotopic (exact) mass is 259 g/mol. The van der Waals surface area contributed by atoms with E-state index in [0.717, 1.165) is 22.7 Å². The lowest BCUT2D eigenvalue weighted by Gasteiger charge is -2.38. The Morgan fingerprint density at radius 3 is 2.44 bits per heavy atom. The van der Waals surface area contributed by atoms with E-state index >= 15 is 0 Å². The first-order valence-corrected chi connectivity index (χ1v) is 6.42. The zero-order valence-corrected chi connectivity index (χ0v) is 11.9. The van der Waals surface area contributed by atoms with Gasteiger partial charge in [-0.1, -0.05) is 18.5 Å². The molecule has 0 aliphatic heterocycles. The molecule has 0 radical (unpaired) electrons. The molecule has 0 unspecified atom stereocenters. The summed E-state index contributed by atoms with van der Waals surface area (Å²) >= 11 is 11.9. The molecule has 90 valence electrons. The van der Waals surface area contributed by atoms with Crippen molar-refractivity contribution in [1.82, 2.24) is 0 Å². The molecular weight excluding hydrogens is 241 g/mol. The lowest BCUT2D eigenvalue weighted by molar-refractivity contribution is 0.470. The Balaban J connectivity index is 3.13. The van der Waals surface area contributed by atoms with Crippen LogP contribution in [0.4, 0.5) is 5.69 Å². The van der Waals surface area contributed by atoms with E-state index < -0.39 is 0 Å². The predicted octanol–water partition coefficient (Wildman–Crippen LogP) is 4.70. The maximum atomic E-state index is 5.97. The second kappa shape index (κ2) is 5.29. The predicted molar refractivity (Wildman–Crippen MR) is 73.8 cm³/mol. The molecule has 0 aliphatic rings. The molecule has 0 fully saturated rings. The van der Waals surface area contributed by atoms with Crippen LogP contribution in [0, 0.1) is 0 Å². The van der Waals surface area contributed by atoms with Gasteiger partial charge in [-0.2, -0.15) is 0 Å². The van der Waals surface area contributed by atoms with Gasteiger partial charge in [0.25, 0.3) is 0 Å². The number of hydrogen-bond acceptors (Lipinski definition) is 1. The van der Waals surface area contributed by atoms with Gasteiger partial charge < -0.3 is 4.90 Å². The molecule has 1 nitrogen and oxygen atoms in total. The summed E-state index contributed by atoms with van der Waals surface area (Å²) in [5.41, 5.74) is 2.36. The summed E-state index contributed by atoms with van der Waals surface area (Å²) in [7, 11) is 2.10. The minimum absolute atomic E-state index is 0.120. The highest BCUT2D eigenvalue weighted by Gasteiger charge is 2.23. The third-order valence-corrected chi connectivity index (χ3v) is 3.84. The third-order valence-electron chi connectivity index (χ3n) is 3.32. The zero-order valence-electron chi connectivity index (χ0n) is 10.3. The second-order valence-corrected chi connectivity index (χ2v) is 5.34. The molecule has 3 heteroatoms. The molecule has 0 saturated carbocycles. The fraction of sp³-hybridized carbons (Fsp3) is 0.538. The summed E-state index contributed by atoms with van der Waals surface area (Å²) in [5, 5.41) is 0.738. The van der Waals surface area contributed by atoms with Gasteiger partial charge in [-0.3, -0.25) is 0 Å². The van der Waals surface area contributed by atoms with E-state index in [0.29, 0.717) is 5.88 Å². The number of benzene rings is 1. The van der Waals surface area contributed by atoms with Crippen LogP contribution < -0.4 is 4.90 Å². The Bertz CT molecular complexity index is 361. The maximum Gasteiger partial charge on any atom is 0.0495 e. The molecule has 1 rings (SSSR count). The van der Waals surface area contributed by atoms with Gasteiger partial charge >= 0.3 is 0 Å². The van der Waals surface area contributed by atoms with Crippen molar-refractivity contribution in [1.29, 1.82) is 0 Å². The highest BCUT2D eigenvalue weighted by molar-refractivity contribution is 6.30. The zero-order chi connectivity index (χ0) is 12.3. The van der Waals surface area contributed by atoms with Crippen molar-refractivity contribution in [2.24, 2.45) is 0 Å². The molecule has 0 heterocycles. The Hall–Kier alpha value is -0.400. The van der Waals surface area contributed by atoms with Gasteiger partial charge in [0.05, 0.1) is 0 Å². The first-order valence-electron chi connectivity index (χ1n) is 5.50. The van der Waals surface area contributed by atoms with Crippen molar-refractivity contribution >= 4 is 28.9 Å². The molecule has 0 N–H and O–H groups in total. The lowest BCUT2D eigenvalue weighted by atomic mass is 9.98. The minimum Gasteiger partial charge on any atom is -0.369 e. The van der Waals surface area contributed by atoms with Crippen molar-refractivity contribution in [3.8, 4) is 0 Å². The van der Waals surface area contributed by atoms with Gasteiger partial charge in [-0.25, -0.2) is 0 Å². The SMILES string of the molecule is CCC(C)(C)N(C)c1ccc(Cl)cc1CCl. The van der Waals surface area contributed by atoms with Gasteiger partial charge in [-0.15, -0.1) is 11.6 Å². The summed E-state index contributed by atoms with van der Waals surface area (Å²) in [4.78, 5) is 2.26. The molecule has 0 spiro atoms. The van der Waals surface area contributed by atoms with Gasteiger partial charge in [0.2, 0.25) is 0 Å². The van der Waals surface area contributed by atoms with Gasteiger partial charge in [0, 0.05) is 29.2 Å². The number of alkyl halides is 1. The highest BCUT2D eigenvalue weighted by Crippen LogP contribution is 2.30. The Morgan fingerprint density at radius 2 is 1.94 bits per heavy atom. The first kappa shape index (κ1) is 13.7. The van der Waals surface area contributed by atoms with Crippen LogP contribution in [0.1, 0.15) is 32.8 Å². The Labute approximate surface area is 108 Å². The van der Waals surface area contributed by atoms with Crippen molar-refractivity contribution in [2.75, 3.05) is 11.9 Å². The van der Waals surface area contributed by atoms with E-state index in [9.17, 15) is 0 Å². The van der Waals surface area contributed by atoms with E-state index in [-0.39, 0.29) is 5.54 Å². The van der Waals surface area contributed by atoms with Crippen molar-refractivity contribution < 1.29 is 0 Å². The van der Waals surface area contributed by atoms with E-state index in [1.807, 2.05) is 18.2 Å². The van der Waals surface area contributed by atoms with Gasteiger partial charge in [0.1, 0.15) is 0 Å². The van der Waals surface area contributed by atoms with Crippen molar-refractivity contribution in [2.45, 2.75) is 38.6 Å². The molecule has 0 saturated heterocycles. The average molecular weight is 260 g/mol. The Morgan fingerprint density at radius 1 is 1.31 bits per heavy atom. The van der Waals surface area contributed by atoms with Crippen LogP contribution in [0.25, 0.3) is 0 Å². The van der Waals surface area contributed by atoms with E-state index in [1.54, 1.807) is 0 Å². The molecule has 1 aromatic rings. The van der Waals surface area contributed by atoms with Crippen molar-refractivity contribution in [3.63, 3.8) is 0 Å². The molecule has 0 amide bonds. The summed E-state index contributed by atoms with van der Waals surface area (Å²) < 4.78 is 0. The molecule has 0 aliphatic carbocycles. The molecule has 16 heavy (non-hydrogen) atoms. The standard InChI is InChI=1S/C13H19Cl2N/c1-5-13(2,3)16(4)12-7-6-11(15)8-10(12)9-14/h6-8H,5,9H2,1-4H3. The fourth-order valence-corrected chi connectivity index (χ4v) is 1.96. The van der Waals surface area contributed by atoms with Crippen LogP contribution in [0.5, 0.6) is 0 Å². The molecule has 1 aromatic carbocycles. The van der Waals surface area contributed by atoms with Crippen LogP contribution in [0.3, 0.4) is 0 Å². The number of halogens is 2. The minimum atomic E-state index is 0.120. The molecule has 0 aromatic heterocycles. The number of anilines is 1. The summed E-state index contributed by atoms with van der Waals surface area (Å²) in [6.07, 6.45) is 1.08. The van der Waals surface area contributed by atoms with Crippen LogP contribution in [-0.2, 0) is 5.88 Å². The van der Waals surface area contributed by atoms with E-state index in [1.165, 1.54) is 0 Å². The number of hydrogen-bond donors (Lipinski definition) is 0. The van der Waals surface area contributed by atoms with Gasteiger partial charge in [-0.05, 0) is 44.0 Å². The number of nitrogens with zero attached hydrogens (tertiary/aromatic N) is 1. The van der Waals surface area contributed by atoms with Crippen LogP contribution >= 0.6 is 23.2 Å². The summed E-state index contributed by atoms with van der Waals surface area (Å²) in [6, 6.07) is 5.89. The topological polar surface area (TPSA) is 3.24 Å². The van der Waals surface area contributed by atoms with Crippen LogP contribution in [0.15, 0.2) is 18.2 Å². The smallest absolute Gasteiger partial charge is 0.0495 e. The van der Waals surface area contributed by atoms with E-state index in [4.69, 9.17) is 23.2 Å². The third kappa shape index (κ3) is 2.83. The molecular formula is C13H19Cl2N. The quantitative estimate of drug-likeness (QED) is 0.709. The largest absolute Gasteiger partial charge is 0.369 e. The summed E-state index contributed by atoms with van der Waals surface area (Å²) in [5.74, 6) is 0.486. The normalized spacial score (nSPS) is 11.6. The van der Waals surface area contributed by atoms with Crippen molar-refractivity contribution in [3.05, 3.63) is 28.8 Å². The van der Waals surface area contributed by atoms with Gasteiger partial charge in [0.15, 0.2) is 0 Å². The molecule has 0 bridgehead atoms. The van der Waals surface area contributed by atoms with Crippen LogP contribution in [-0.4, -0.2) is 12.6 Å². The highest BCUT2D eigenvalue weighted by atomic mass is 35.5. The lowest BCUT2D eigenvalue weighted by Crippen LogP contribution is -2.41. The maximum absolute atomic E-state index is 5.97. The first-order chi connectivity index (χ1) is 7.42. The number of rotatable bonds is 4. The average Bonchev–Trinajstić information content (AvgIpc) is 2.27. The van der Waals surface area contributed by atoms with E-state index in [2.05, 4.69) is 32.7 Å². The molecule has 0 atom stereocenters. The second-order valence-electron chi connectivity index (χ2n) is 4.63. The Kier molecular flexibility index (Phi) is 4.52. The van der Waals surface area contributed by atoms with Crippen LogP contribution in [0.2, 0.25) is 5.02 Å². The summed E-state index contributed by atoms with van der Waals surface area (Å²) in [6.45, 7) is 6.63. The fourth-order valence-electron chi connectivity index (χ4n) is 1.55.